The van der Waals surface area contributed by atoms with Crippen molar-refractivity contribution in [1.29, 1.82) is 0 Å². The van der Waals surface area contributed by atoms with Crippen LogP contribution in [0.2, 0.25) is 0 Å². The third-order valence-corrected chi connectivity index (χ3v) is 3.88. The SMILES string of the molecule is Cc1ccc(CCC(=O)N(C)Cc2ccc(OCC(=O)O)cc2)cc1. The van der Waals surface area contributed by atoms with Crippen molar-refractivity contribution in [3.63, 3.8) is 0 Å². The molecule has 2 aromatic rings. The van der Waals surface area contributed by atoms with Gasteiger partial charge in [0.2, 0.25) is 5.91 Å². The monoisotopic (exact) mass is 341 g/mol. The van der Waals surface area contributed by atoms with E-state index in [2.05, 4.69) is 24.3 Å². The summed E-state index contributed by atoms with van der Waals surface area (Å²) in [7, 11) is 1.78. The van der Waals surface area contributed by atoms with E-state index in [0.717, 1.165) is 17.5 Å². The van der Waals surface area contributed by atoms with Gasteiger partial charge in [0.15, 0.2) is 6.61 Å². The minimum Gasteiger partial charge on any atom is -0.482 e. The molecule has 0 atom stereocenters. The highest BCUT2D eigenvalue weighted by molar-refractivity contribution is 5.76. The fourth-order valence-corrected chi connectivity index (χ4v) is 2.40. The Labute approximate surface area is 147 Å². The second kappa shape index (κ2) is 8.87. The van der Waals surface area contributed by atoms with Crippen molar-refractivity contribution in [1.82, 2.24) is 4.90 Å². The first-order valence-electron chi connectivity index (χ1n) is 8.17. The van der Waals surface area contributed by atoms with Crippen LogP contribution in [0, 0.1) is 6.92 Å². The Hall–Kier alpha value is -2.82. The number of carbonyl (C=O) groups is 2. The number of hydrogen-bond acceptors (Lipinski definition) is 3. The number of rotatable bonds is 8. The van der Waals surface area contributed by atoms with Crippen LogP contribution in [0.15, 0.2) is 48.5 Å². The third kappa shape index (κ3) is 6.30. The van der Waals surface area contributed by atoms with Gasteiger partial charge in [0.05, 0.1) is 0 Å². The molecular weight excluding hydrogens is 318 g/mol. The lowest BCUT2D eigenvalue weighted by Gasteiger charge is -2.17. The number of aliphatic carboxylic acids is 1. The molecule has 0 aliphatic heterocycles. The summed E-state index contributed by atoms with van der Waals surface area (Å²) in [5.74, 6) is -0.422. The molecule has 0 aliphatic rings. The second-order valence-electron chi connectivity index (χ2n) is 6.06. The summed E-state index contributed by atoms with van der Waals surface area (Å²) in [6, 6.07) is 15.3. The molecule has 2 rings (SSSR count). The van der Waals surface area contributed by atoms with Crippen molar-refractivity contribution in [3.05, 3.63) is 65.2 Å². The van der Waals surface area contributed by atoms with Crippen molar-refractivity contribution in [3.8, 4) is 5.75 Å². The summed E-state index contributed by atoms with van der Waals surface area (Å²) in [6.07, 6.45) is 1.20. The normalized spacial score (nSPS) is 10.3. The Balaban J connectivity index is 1.81. The number of hydrogen-bond donors (Lipinski definition) is 1. The Bertz CT molecular complexity index is 707. The highest BCUT2D eigenvalue weighted by atomic mass is 16.5. The fourth-order valence-electron chi connectivity index (χ4n) is 2.40. The summed E-state index contributed by atoms with van der Waals surface area (Å²) in [5.41, 5.74) is 3.34. The van der Waals surface area contributed by atoms with Crippen LogP contribution in [-0.2, 0) is 22.6 Å². The van der Waals surface area contributed by atoms with Gasteiger partial charge in [-0.15, -0.1) is 0 Å². The predicted molar refractivity (Wildman–Crippen MR) is 95.5 cm³/mol. The Morgan fingerprint density at radius 2 is 1.60 bits per heavy atom. The summed E-state index contributed by atoms with van der Waals surface area (Å²) >= 11 is 0. The van der Waals surface area contributed by atoms with E-state index in [0.29, 0.717) is 18.7 Å². The van der Waals surface area contributed by atoms with Gasteiger partial charge < -0.3 is 14.7 Å². The minimum atomic E-state index is -1.01. The average Bonchev–Trinajstić information content (AvgIpc) is 2.60. The molecule has 0 heterocycles. The largest absolute Gasteiger partial charge is 0.482 e. The zero-order valence-corrected chi connectivity index (χ0v) is 14.6. The van der Waals surface area contributed by atoms with Crippen molar-refractivity contribution in [2.45, 2.75) is 26.3 Å². The maximum atomic E-state index is 12.3. The molecule has 0 saturated heterocycles. The van der Waals surface area contributed by atoms with Crippen LogP contribution in [0.4, 0.5) is 0 Å². The predicted octanol–water partition coefficient (Wildman–Crippen LogP) is 3.05. The van der Waals surface area contributed by atoms with E-state index in [9.17, 15) is 9.59 Å². The average molecular weight is 341 g/mol. The quantitative estimate of drug-likeness (QED) is 0.801. The van der Waals surface area contributed by atoms with Gasteiger partial charge in [0.1, 0.15) is 5.75 Å². The second-order valence-corrected chi connectivity index (χ2v) is 6.06. The van der Waals surface area contributed by atoms with Crippen molar-refractivity contribution in [2.75, 3.05) is 13.7 Å². The van der Waals surface area contributed by atoms with Crippen molar-refractivity contribution in [2.24, 2.45) is 0 Å². The highest BCUT2D eigenvalue weighted by Crippen LogP contribution is 2.14. The molecule has 0 bridgehead atoms. The first-order chi connectivity index (χ1) is 11.9. The molecule has 0 fully saturated rings. The van der Waals surface area contributed by atoms with Gasteiger partial charge in [0.25, 0.3) is 0 Å². The number of carboxylic acid groups (broad SMARTS) is 1. The van der Waals surface area contributed by atoms with E-state index in [-0.39, 0.29) is 12.5 Å². The Morgan fingerprint density at radius 3 is 2.20 bits per heavy atom. The lowest BCUT2D eigenvalue weighted by Crippen LogP contribution is -2.26. The number of nitrogens with zero attached hydrogens (tertiary/aromatic N) is 1. The van der Waals surface area contributed by atoms with Crippen LogP contribution in [0.25, 0.3) is 0 Å². The molecular formula is C20H23NO4. The lowest BCUT2D eigenvalue weighted by molar-refractivity contribution is -0.139. The highest BCUT2D eigenvalue weighted by Gasteiger charge is 2.10. The maximum absolute atomic E-state index is 12.3. The van der Waals surface area contributed by atoms with E-state index >= 15 is 0 Å². The molecule has 0 aromatic heterocycles. The maximum Gasteiger partial charge on any atom is 0.341 e. The smallest absolute Gasteiger partial charge is 0.341 e. The number of carboxylic acids is 1. The van der Waals surface area contributed by atoms with Crippen LogP contribution in [0.5, 0.6) is 5.75 Å². The number of carbonyl (C=O) groups excluding carboxylic acids is 1. The third-order valence-electron chi connectivity index (χ3n) is 3.88. The number of aryl methyl sites for hydroxylation is 2. The summed E-state index contributed by atoms with van der Waals surface area (Å²) in [5, 5.41) is 8.59. The van der Waals surface area contributed by atoms with E-state index in [1.807, 2.05) is 19.1 Å². The number of amides is 1. The van der Waals surface area contributed by atoms with E-state index in [1.165, 1.54) is 5.56 Å². The fraction of sp³-hybridized carbons (Fsp3) is 0.300. The molecule has 0 aliphatic carbocycles. The molecule has 2 aromatic carbocycles. The Morgan fingerprint density at radius 1 is 1.00 bits per heavy atom. The van der Waals surface area contributed by atoms with Crippen molar-refractivity contribution < 1.29 is 19.4 Å². The standard InChI is InChI=1S/C20H23NO4/c1-15-3-5-16(6-4-15)9-12-19(22)21(2)13-17-7-10-18(11-8-17)25-14-20(23)24/h3-8,10-11H,9,12-14H2,1-2H3,(H,23,24). The lowest BCUT2D eigenvalue weighted by atomic mass is 10.1. The zero-order valence-electron chi connectivity index (χ0n) is 14.6. The molecule has 1 amide bonds. The van der Waals surface area contributed by atoms with Gasteiger partial charge in [-0.25, -0.2) is 4.79 Å². The molecule has 0 saturated carbocycles. The van der Waals surface area contributed by atoms with Crippen molar-refractivity contribution >= 4 is 11.9 Å². The number of benzene rings is 2. The minimum absolute atomic E-state index is 0.0896. The van der Waals surface area contributed by atoms with Gasteiger partial charge in [0, 0.05) is 20.0 Å². The molecule has 0 unspecified atom stereocenters. The van der Waals surface area contributed by atoms with Gasteiger partial charge in [-0.3, -0.25) is 4.79 Å². The van der Waals surface area contributed by atoms with E-state index in [1.54, 1.807) is 24.1 Å². The topological polar surface area (TPSA) is 66.8 Å². The first-order valence-corrected chi connectivity index (χ1v) is 8.17. The Kier molecular flexibility index (Phi) is 6.57. The molecule has 5 heteroatoms. The molecule has 0 radical (unpaired) electrons. The van der Waals surface area contributed by atoms with Crippen LogP contribution in [0.1, 0.15) is 23.1 Å². The molecule has 0 spiro atoms. The summed E-state index contributed by atoms with van der Waals surface area (Å²) < 4.78 is 5.09. The van der Waals surface area contributed by atoms with E-state index < -0.39 is 5.97 Å². The number of ether oxygens (including phenoxy) is 1. The van der Waals surface area contributed by atoms with Crippen LogP contribution < -0.4 is 4.74 Å². The van der Waals surface area contributed by atoms with Crippen LogP contribution >= 0.6 is 0 Å². The van der Waals surface area contributed by atoms with Gasteiger partial charge in [-0.2, -0.15) is 0 Å². The molecule has 1 N–H and O–H groups in total. The zero-order chi connectivity index (χ0) is 18.2. The van der Waals surface area contributed by atoms with Gasteiger partial charge in [-0.05, 0) is 36.6 Å². The van der Waals surface area contributed by atoms with Crippen LogP contribution in [-0.4, -0.2) is 35.5 Å². The molecule has 132 valence electrons. The first kappa shape index (κ1) is 18.5. The molecule has 5 nitrogen and oxygen atoms in total. The summed E-state index contributed by atoms with van der Waals surface area (Å²) in [4.78, 5) is 24.4. The van der Waals surface area contributed by atoms with Gasteiger partial charge in [-0.1, -0.05) is 42.0 Å². The van der Waals surface area contributed by atoms with Crippen LogP contribution in [0.3, 0.4) is 0 Å². The summed E-state index contributed by atoms with van der Waals surface area (Å²) in [6.45, 7) is 2.18. The van der Waals surface area contributed by atoms with Gasteiger partial charge >= 0.3 is 5.97 Å². The van der Waals surface area contributed by atoms with E-state index in [4.69, 9.17) is 9.84 Å². The molecule has 25 heavy (non-hydrogen) atoms.